The Hall–Kier alpha value is -3.02. The molecule has 4 N–H and O–H groups in total. The normalized spacial score (nSPS) is 19.2. The Balaban J connectivity index is 1.68. The number of rotatable bonds is 3. The number of nitrogens with two attached hydrogens (primary N) is 1. The summed E-state index contributed by atoms with van der Waals surface area (Å²) in [6, 6.07) is 8.15. The molecule has 2 heterocycles. The summed E-state index contributed by atoms with van der Waals surface area (Å²) in [4.78, 5) is 4.81. The van der Waals surface area contributed by atoms with Gasteiger partial charge in [-0.15, -0.1) is 0 Å². The molecule has 2 aliphatic rings. The first-order valence-electron chi connectivity index (χ1n) is 8.83. The Morgan fingerprint density at radius 2 is 2.15 bits per heavy atom. The van der Waals surface area contributed by atoms with Crippen molar-refractivity contribution in [1.82, 2.24) is 10.2 Å². The summed E-state index contributed by atoms with van der Waals surface area (Å²) in [5.74, 6) is 2.36. The number of amidine groups is 1. The number of aromatic amines is 1. The third kappa shape index (κ3) is 2.87. The molecule has 1 aromatic carbocycles. The second-order valence-electron chi connectivity index (χ2n) is 6.65. The zero-order valence-corrected chi connectivity index (χ0v) is 15.0. The molecule has 6 nitrogen and oxygen atoms in total. The van der Waals surface area contributed by atoms with E-state index in [0.717, 1.165) is 46.9 Å². The Labute approximate surface area is 152 Å². The average Bonchev–Trinajstić information content (AvgIpc) is 3.06. The molecule has 0 spiro atoms. The van der Waals surface area contributed by atoms with Crippen molar-refractivity contribution in [1.29, 1.82) is 0 Å². The lowest BCUT2D eigenvalue weighted by Gasteiger charge is -2.26. The molecule has 6 heteroatoms. The molecule has 0 saturated carbocycles. The molecule has 0 radical (unpaired) electrons. The van der Waals surface area contributed by atoms with Gasteiger partial charge in [0.05, 0.1) is 13.7 Å². The Morgan fingerprint density at radius 3 is 2.96 bits per heavy atom. The quantitative estimate of drug-likeness (QED) is 0.791. The minimum Gasteiger partial charge on any atom is -0.497 e. The maximum Gasteiger partial charge on any atom is 0.151 e. The minimum absolute atomic E-state index is 0.130. The number of fused-ring (bicyclic) bond motifs is 1. The topological polar surface area (TPSA) is 88.3 Å². The summed E-state index contributed by atoms with van der Waals surface area (Å²) in [6.07, 6.45) is 6.17. The number of H-pyrrole nitrogens is 1. The fourth-order valence-electron chi connectivity index (χ4n) is 3.61. The van der Waals surface area contributed by atoms with Crippen LogP contribution in [0.4, 0.5) is 11.5 Å². The van der Waals surface area contributed by atoms with E-state index in [1.807, 2.05) is 18.2 Å². The number of hydrogen-bond donors (Lipinski definition) is 3. The number of aromatic nitrogens is 2. The molecule has 1 atom stereocenters. The van der Waals surface area contributed by atoms with Crippen LogP contribution in [-0.4, -0.2) is 29.7 Å². The van der Waals surface area contributed by atoms with E-state index >= 15 is 0 Å². The Morgan fingerprint density at radius 1 is 1.31 bits per heavy atom. The lowest BCUT2D eigenvalue weighted by Crippen LogP contribution is -2.25. The number of nitrogens with zero attached hydrogens (tertiary/aromatic N) is 2. The van der Waals surface area contributed by atoms with E-state index in [0.29, 0.717) is 12.4 Å². The van der Waals surface area contributed by atoms with Crippen LogP contribution in [0.5, 0.6) is 0 Å². The summed E-state index contributed by atoms with van der Waals surface area (Å²) >= 11 is 0. The largest absolute Gasteiger partial charge is 0.497 e. The molecule has 4 rings (SSSR count). The summed E-state index contributed by atoms with van der Waals surface area (Å²) in [7, 11) is 1.70. The summed E-state index contributed by atoms with van der Waals surface area (Å²) < 4.78 is 5.41. The van der Waals surface area contributed by atoms with Crippen LogP contribution in [0.1, 0.15) is 35.6 Å². The number of anilines is 2. The molecule has 1 aliphatic heterocycles. The standard InChI is InChI=1S/C20H23N5O/c1-12-6-3-4-9-16(12)23-20-18-17(19(21)25-24-18)15(11-22-20)13-7-5-8-14(10-13)26-2/h3-4,6,8-10,15H,5,7,11H2,1-2H3,(H,22,23)(H3,21,24,25). The molecule has 0 bridgehead atoms. The SMILES string of the molecule is COC1=CCCC(C2CN=C(Nc3ccccc3C)c3[nH]nc(N)c32)=C1. The third-order valence-electron chi connectivity index (χ3n) is 5.04. The zero-order valence-electron chi connectivity index (χ0n) is 15.0. The highest BCUT2D eigenvalue weighted by Crippen LogP contribution is 2.38. The summed E-state index contributed by atoms with van der Waals surface area (Å²) in [6.45, 7) is 2.72. The van der Waals surface area contributed by atoms with Crippen molar-refractivity contribution in [2.24, 2.45) is 4.99 Å². The number of para-hydroxylation sites is 1. The lowest BCUT2D eigenvalue weighted by atomic mass is 9.84. The fraction of sp³-hybridized carbons (Fsp3) is 0.300. The van der Waals surface area contributed by atoms with Crippen LogP contribution in [0.25, 0.3) is 0 Å². The van der Waals surface area contributed by atoms with Gasteiger partial charge < -0.3 is 15.8 Å². The maximum atomic E-state index is 6.21. The first-order valence-corrected chi connectivity index (χ1v) is 8.83. The van der Waals surface area contributed by atoms with Gasteiger partial charge in [-0.25, -0.2) is 0 Å². The molecule has 1 aromatic heterocycles. The van der Waals surface area contributed by atoms with Crippen molar-refractivity contribution in [3.05, 3.63) is 64.6 Å². The predicted octanol–water partition coefficient (Wildman–Crippen LogP) is 3.51. The fourth-order valence-corrected chi connectivity index (χ4v) is 3.61. The first-order chi connectivity index (χ1) is 12.7. The molecule has 1 unspecified atom stereocenters. The predicted molar refractivity (Wildman–Crippen MR) is 104 cm³/mol. The molecular formula is C20H23N5O. The molecule has 0 fully saturated rings. The van der Waals surface area contributed by atoms with Gasteiger partial charge in [0.25, 0.3) is 0 Å². The van der Waals surface area contributed by atoms with Crippen LogP contribution in [0.15, 0.2) is 52.7 Å². The van der Waals surface area contributed by atoms with Gasteiger partial charge in [-0.3, -0.25) is 10.1 Å². The number of hydrogen-bond acceptors (Lipinski definition) is 5. The van der Waals surface area contributed by atoms with Gasteiger partial charge >= 0.3 is 0 Å². The highest BCUT2D eigenvalue weighted by molar-refractivity contribution is 6.09. The highest BCUT2D eigenvalue weighted by atomic mass is 16.5. The number of ether oxygens (including phenoxy) is 1. The zero-order chi connectivity index (χ0) is 18.1. The van der Waals surface area contributed by atoms with Crippen molar-refractivity contribution in [2.75, 3.05) is 24.7 Å². The number of aliphatic imine (C=N–C) groups is 1. The van der Waals surface area contributed by atoms with Gasteiger partial charge in [0.2, 0.25) is 0 Å². The van der Waals surface area contributed by atoms with Crippen LogP contribution in [0.2, 0.25) is 0 Å². The number of aryl methyl sites for hydroxylation is 1. The molecule has 0 saturated heterocycles. The van der Waals surface area contributed by atoms with Crippen LogP contribution < -0.4 is 11.1 Å². The van der Waals surface area contributed by atoms with Crippen LogP contribution in [0.3, 0.4) is 0 Å². The molecule has 134 valence electrons. The van der Waals surface area contributed by atoms with E-state index < -0.39 is 0 Å². The number of nitrogen functional groups attached to an aromatic ring is 1. The molecule has 2 aromatic rings. The van der Waals surface area contributed by atoms with E-state index in [-0.39, 0.29) is 5.92 Å². The first kappa shape index (κ1) is 16.4. The van der Waals surface area contributed by atoms with Crippen LogP contribution in [-0.2, 0) is 4.74 Å². The van der Waals surface area contributed by atoms with Crippen molar-refractivity contribution in [3.8, 4) is 0 Å². The molecule has 26 heavy (non-hydrogen) atoms. The van der Waals surface area contributed by atoms with Crippen molar-refractivity contribution >= 4 is 17.3 Å². The van der Waals surface area contributed by atoms with Crippen molar-refractivity contribution in [3.63, 3.8) is 0 Å². The minimum atomic E-state index is 0.130. The smallest absolute Gasteiger partial charge is 0.151 e. The van der Waals surface area contributed by atoms with E-state index in [1.54, 1.807) is 7.11 Å². The molecule has 1 aliphatic carbocycles. The second kappa shape index (κ2) is 6.71. The molecule has 0 amide bonds. The maximum absolute atomic E-state index is 6.21. The average molecular weight is 349 g/mol. The summed E-state index contributed by atoms with van der Waals surface area (Å²) in [5.41, 5.74) is 11.6. The number of allylic oxidation sites excluding steroid dienone is 2. The van der Waals surface area contributed by atoms with Gasteiger partial charge in [0.15, 0.2) is 5.84 Å². The number of methoxy groups -OCH3 is 1. The third-order valence-corrected chi connectivity index (χ3v) is 5.04. The van der Waals surface area contributed by atoms with Crippen LogP contribution >= 0.6 is 0 Å². The molecular weight excluding hydrogens is 326 g/mol. The second-order valence-corrected chi connectivity index (χ2v) is 6.65. The number of nitrogens with one attached hydrogen (secondary N) is 2. The van der Waals surface area contributed by atoms with Gasteiger partial charge in [0, 0.05) is 17.2 Å². The summed E-state index contributed by atoms with van der Waals surface area (Å²) in [5, 5.41) is 10.8. The van der Waals surface area contributed by atoms with Gasteiger partial charge in [0.1, 0.15) is 17.3 Å². The Bertz CT molecular complexity index is 922. The van der Waals surface area contributed by atoms with Crippen LogP contribution in [0, 0.1) is 6.92 Å². The van der Waals surface area contributed by atoms with Crippen molar-refractivity contribution in [2.45, 2.75) is 25.7 Å². The van der Waals surface area contributed by atoms with Gasteiger partial charge in [-0.2, -0.15) is 5.10 Å². The van der Waals surface area contributed by atoms with E-state index in [1.165, 1.54) is 5.57 Å². The lowest BCUT2D eigenvalue weighted by molar-refractivity contribution is 0.302. The van der Waals surface area contributed by atoms with E-state index in [9.17, 15) is 0 Å². The van der Waals surface area contributed by atoms with E-state index in [2.05, 4.69) is 40.7 Å². The van der Waals surface area contributed by atoms with Gasteiger partial charge in [-0.05, 0) is 43.5 Å². The van der Waals surface area contributed by atoms with Gasteiger partial charge in [-0.1, -0.05) is 23.8 Å². The monoisotopic (exact) mass is 349 g/mol. The number of benzene rings is 1. The highest BCUT2D eigenvalue weighted by Gasteiger charge is 2.31. The Kier molecular flexibility index (Phi) is 4.24. The van der Waals surface area contributed by atoms with Crippen molar-refractivity contribution < 1.29 is 4.74 Å². The van der Waals surface area contributed by atoms with E-state index in [4.69, 9.17) is 15.5 Å².